The Bertz CT molecular complexity index is 657. The van der Waals surface area contributed by atoms with Crippen LogP contribution < -0.4 is 15.5 Å². The van der Waals surface area contributed by atoms with Crippen LogP contribution in [0.3, 0.4) is 0 Å². The fourth-order valence-electron chi connectivity index (χ4n) is 2.72. The third-order valence-corrected chi connectivity index (χ3v) is 3.66. The highest BCUT2D eigenvalue weighted by Crippen LogP contribution is 2.37. The molecular formula is C15H17NO4. The highest BCUT2D eigenvalue weighted by atomic mass is 16.6. The molecule has 0 aliphatic carbocycles. The van der Waals surface area contributed by atoms with Gasteiger partial charge in [0.25, 0.3) is 0 Å². The standard InChI is InChI=1S/C15H17NO4/c1-10-13(20-15(17)19-10)9-16-8-4-6-11-5-3-7-12(18-2)14(11)16/h3,5,7H,4,6,8-9H2,1-2H3. The zero-order chi connectivity index (χ0) is 14.1. The summed E-state index contributed by atoms with van der Waals surface area (Å²) >= 11 is 0. The molecule has 0 fully saturated rings. The average molecular weight is 275 g/mol. The van der Waals surface area contributed by atoms with Gasteiger partial charge in [-0.25, -0.2) is 4.79 Å². The molecule has 2 aromatic rings. The molecule has 0 amide bonds. The molecule has 0 saturated heterocycles. The van der Waals surface area contributed by atoms with E-state index in [1.165, 1.54) is 5.56 Å². The number of aryl methyl sites for hydroxylation is 2. The maximum Gasteiger partial charge on any atom is 0.519 e. The van der Waals surface area contributed by atoms with Crippen molar-refractivity contribution in [2.45, 2.75) is 26.3 Å². The van der Waals surface area contributed by atoms with Crippen LogP contribution in [-0.4, -0.2) is 13.7 Å². The lowest BCUT2D eigenvalue weighted by molar-refractivity contribution is 0.367. The lowest BCUT2D eigenvalue weighted by atomic mass is 10.0. The monoisotopic (exact) mass is 275 g/mol. The summed E-state index contributed by atoms with van der Waals surface area (Å²) in [7, 11) is 1.67. The van der Waals surface area contributed by atoms with E-state index < -0.39 is 5.82 Å². The zero-order valence-electron chi connectivity index (χ0n) is 11.6. The van der Waals surface area contributed by atoms with Crippen molar-refractivity contribution in [2.75, 3.05) is 18.6 Å². The lowest BCUT2D eigenvalue weighted by Gasteiger charge is -2.31. The maximum absolute atomic E-state index is 11.1. The van der Waals surface area contributed by atoms with Crippen molar-refractivity contribution in [1.82, 2.24) is 0 Å². The first-order chi connectivity index (χ1) is 9.69. The minimum atomic E-state index is -0.644. The molecule has 5 nitrogen and oxygen atoms in total. The van der Waals surface area contributed by atoms with Crippen LogP contribution in [0.5, 0.6) is 5.75 Å². The Kier molecular flexibility index (Phi) is 3.26. The number of rotatable bonds is 3. The summed E-state index contributed by atoms with van der Waals surface area (Å²) in [6.45, 7) is 3.17. The van der Waals surface area contributed by atoms with Crippen LogP contribution in [0.2, 0.25) is 0 Å². The fourth-order valence-corrected chi connectivity index (χ4v) is 2.72. The molecule has 1 aliphatic heterocycles. The van der Waals surface area contributed by atoms with E-state index in [0.29, 0.717) is 18.1 Å². The van der Waals surface area contributed by atoms with Crippen LogP contribution in [0.15, 0.2) is 31.8 Å². The number of fused-ring (bicyclic) bond motifs is 1. The van der Waals surface area contributed by atoms with Gasteiger partial charge in [-0.1, -0.05) is 12.1 Å². The van der Waals surface area contributed by atoms with Crippen molar-refractivity contribution in [3.05, 3.63) is 45.9 Å². The van der Waals surface area contributed by atoms with Crippen LogP contribution in [0.4, 0.5) is 5.69 Å². The van der Waals surface area contributed by atoms with Crippen molar-refractivity contribution in [3.8, 4) is 5.75 Å². The summed E-state index contributed by atoms with van der Waals surface area (Å²) < 4.78 is 15.5. The molecule has 5 heteroatoms. The Morgan fingerprint density at radius 1 is 1.35 bits per heavy atom. The number of hydrogen-bond acceptors (Lipinski definition) is 5. The van der Waals surface area contributed by atoms with Gasteiger partial charge < -0.3 is 18.5 Å². The molecule has 106 valence electrons. The maximum atomic E-state index is 11.1. The fraction of sp³-hybridized carbons (Fsp3) is 0.400. The first-order valence-electron chi connectivity index (χ1n) is 6.69. The van der Waals surface area contributed by atoms with Crippen molar-refractivity contribution < 1.29 is 13.6 Å². The molecule has 0 N–H and O–H groups in total. The summed E-state index contributed by atoms with van der Waals surface area (Å²) in [5, 5.41) is 0. The molecular weight excluding hydrogens is 258 g/mol. The van der Waals surface area contributed by atoms with Gasteiger partial charge in [-0.3, -0.25) is 0 Å². The first kappa shape index (κ1) is 12.8. The van der Waals surface area contributed by atoms with Gasteiger partial charge in [-0.05, 0) is 31.4 Å². The largest absolute Gasteiger partial charge is 0.519 e. The van der Waals surface area contributed by atoms with Gasteiger partial charge in [-0.15, -0.1) is 0 Å². The molecule has 0 bridgehead atoms. The Morgan fingerprint density at radius 2 is 2.20 bits per heavy atom. The van der Waals surface area contributed by atoms with Crippen LogP contribution >= 0.6 is 0 Å². The van der Waals surface area contributed by atoms with E-state index in [0.717, 1.165) is 30.8 Å². The van der Waals surface area contributed by atoms with Crippen molar-refractivity contribution in [1.29, 1.82) is 0 Å². The lowest BCUT2D eigenvalue weighted by Crippen LogP contribution is -2.29. The summed E-state index contributed by atoms with van der Waals surface area (Å²) in [6.07, 6.45) is 2.11. The molecule has 0 atom stereocenters. The van der Waals surface area contributed by atoms with Gasteiger partial charge in [-0.2, -0.15) is 0 Å². The average Bonchev–Trinajstić information content (AvgIpc) is 2.76. The molecule has 1 aromatic carbocycles. The van der Waals surface area contributed by atoms with Crippen molar-refractivity contribution in [2.24, 2.45) is 0 Å². The third kappa shape index (κ3) is 2.19. The second-order valence-corrected chi connectivity index (χ2v) is 4.93. The summed E-state index contributed by atoms with van der Waals surface area (Å²) in [6, 6.07) is 6.07. The molecule has 2 heterocycles. The number of hydrogen-bond donors (Lipinski definition) is 0. The number of nitrogens with zero attached hydrogens (tertiary/aromatic N) is 1. The van der Waals surface area contributed by atoms with Crippen molar-refractivity contribution in [3.63, 3.8) is 0 Å². The molecule has 0 radical (unpaired) electrons. The number of para-hydroxylation sites is 1. The topological polar surface area (TPSA) is 55.8 Å². The highest BCUT2D eigenvalue weighted by Gasteiger charge is 2.23. The minimum absolute atomic E-state index is 0.519. The van der Waals surface area contributed by atoms with Gasteiger partial charge in [0.2, 0.25) is 0 Å². The van der Waals surface area contributed by atoms with Crippen LogP contribution in [0, 0.1) is 6.92 Å². The highest BCUT2D eigenvalue weighted by molar-refractivity contribution is 5.65. The van der Waals surface area contributed by atoms with Gasteiger partial charge in [0, 0.05) is 6.54 Å². The molecule has 1 aliphatic rings. The smallest absolute Gasteiger partial charge is 0.495 e. The SMILES string of the molecule is COc1cccc2c1N(Cc1oc(=O)oc1C)CCC2. The van der Waals surface area contributed by atoms with E-state index in [2.05, 4.69) is 11.0 Å². The summed E-state index contributed by atoms with van der Waals surface area (Å²) in [5.41, 5.74) is 2.35. The first-order valence-corrected chi connectivity index (χ1v) is 6.69. The molecule has 0 saturated carbocycles. The Hall–Kier alpha value is -2.17. The van der Waals surface area contributed by atoms with Gasteiger partial charge in [0.1, 0.15) is 11.5 Å². The van der Waals surface area contributed by atoms with E-state index in [1.807, 2.05) is 12.1 Å². The van der Waals surface area contributed by atoms with E-state index in [1.54, 1.807) is 14.0 Å². The van der Waals surface area contributed by atoms with Crippen molar-refractivity contribution >= 4 is 5.69 Å². The second kappa shape index (κ2) is 5.07. The molecule has 20 heavy (non-hydrogen) atoms. The molecule has 3 rings (SSSR count). The third-order valence-electron chi connectivity index (χ3n) is 3.66. The normalized spacial score (nSPS) is 14.2. The summed E-state index contributed by atoms with van der Waals surface area (Å²) in [4.78, 5) is 13.3. The second-order valence-electron chi connectivity index (χ2n) is 4.93. The predicted octanol–water partition coefficient (Wildman–Crippen LogP) is 2.50. The summed E-state index contributed by atoms with van der Waals surface area (Å²) in [5.74, 6) is 1.33. The van der Waals surface area contributed by atoms with Gasteiger partial charge in [0.15, 0.2) is 5.76 Å². The minimum Gasteiger partial charge on any atom is -0.495 e. The van der Waals surface area contributed by atoms with E-state index in [4.69, 9.17) is 13.6 Å². The van der Waals surface area contributed by atoms with Gasteiger partial charge in [0.05, 0.1) is 19.3 Å². The number of anilines is 1. The van der Waals surface area contributed by atoms with Crippen LogP contribution in [0.25, 0.3) is 0 Å². The quantitative estimate of drug-likeness (QED) is 0.861. The van der Waals surface area contributed by atoms with Crippen LogP contribution in [0.1, 0.15) is 23.5 Å². The van der Waals surface area contributed by atoms with E-state index in [9.17, 15) is 4.79 Å². The Balaban J connectivity index is 1.97. The molecule has 0 spiro atoms. The zero-order valence-corrected chi connectivity index (χ0v) is 11.6. The van der Waals surface area contributed by atoms with Gasteiger partial charge >= 0.3 is 5.82 Å². The predicted molar refractivity (Wildman–Crippen MR) is 74.3 cm³/mol. The van der Waals surface area contributed by atoms with Crippen LogP contribution in [-0.2, 0) is 13.0 Å². The number of benzene rings is 1. The Labute approximate surface area is 116 Å². The van der Waals surface area contributed by atoms with E-state index in [-0.39, 0.29) is 0 Å². The molecule has 0 unspecified atom stereocenters. The van der Waals surface area contributed by atoms with E-state index >= 15 is 0 Å². The molecule has 1 aromatic heterocycles. The Morgan fingerprint density at radius 3 is 2.90 bits per heavy atom. The number of methoxy groups -OCH3 is 1. The number of ether oxygens (including phenoxy) is 1.